The van der Waals surface area contributed by atoms with Gasteiger partial charge in [-0.3, -0.25) is 20.0 Å². The summed E-state index contributed by atoms with van der Waals surface area (Å²) in [6, 6.07) is 1.33. The molecule has 0 saturated heterocycles. The van der Waals surface area contributed by atoms with E-state index in [0.29, 0.717) is 16.7 Å². The molecule has 0 unspecified atom stereocenters. The Kier molecular flexibility index (Phi) is 3.18. The van der Waals surface area contributed by atoms with Crippen molar-refractivity contribution in [2.45, 2.75) is 13.3 Å². The number of fused-ring (bicyclic) bond motifs is 1. The molecule has 8 heteroatoms. The van der Waals surface area contributed by atoms with Gasteiger partial charge in [0.15, 0.2) is 5.65 Å². The van der Waals surface area contributed by atoms with Crippen LogP contribution in [-0.4, -0.2) is 32.7 Å². The summed E-state index contributed by atoms with van der Waals surface area (Å²) in [6.45, 7) is 1.98. The van der Waals surface area contributed by atoms with Gasteiger partial charge in [-0.1, -0.05) is 0 Å². The van der Waals surface area contributed by atoms with Crippen LogP contribution in [-0.2, 0) is 16.0 Å². The quantitative estimate of drug-likeness (QED) is 0.491. The lowest BCUT2D eigenvalue weighted by molar-refractivity contribution is -0.385. The smallest absolute Gasteiger partial charge is 0.311 e. The van der Waals surface area contributed by atoms with Crippen LogP contribution in [0.2, 0.25) is 0 Å². The molecule has 8 nitrogen and oxygen atoms in total. The zero-order chi connectivity index (χ0) is 13.1. The van der Waals surface area contributed by atoms with Crippen molar-refractivity contribution in [3.63, 3.8) is 0 Å². The van der Waals surface area contributed by atoms with Gasteiger partial charge in [-0.25, -0.2) is 4.98 Å². The first-order valence-corrected chi connectivity index (χ1v) is 5.24. The van der Waals surface area contributed by atoms with Crippen LogP contribution >= 0.6 is 0 Å². The SMILES string of the molecule is CCOC(=O)Cc1[nH]nc2ncc([N+](=O)[O-])cc12. The summed E-state index contributed by atoms with van der Waals surface area (Å²) in [5.74, 6) is -0.422. The number of rotatable bonds is 4. The van der Waals surface area contributed by atoms with Crippen LogP contribution in [0.4, 0.5) is 5.69 Å². The van der Waals surface area contributed by atoms with Gasteiger partial charge in [0.1, 0.15) is 6.20 Å². The number of carbonyl (C=O) groups is 1. The predicted molar refractivity (Wildman–Crippen MR) is 60.9 cm³/mol. The Balaban J connectivity index is 2.36. The molecule has 0 radical (unpaired) electrons. The van der Waals surface area contributed by atoms with Crippen LogP contribution in [0.15, 0.2) is 12.3 Å². The molecule has 1 N–H and O–H groups in total. The summed E-state index contributed by atoms with van der Waals surface area (Å²) in [5.41, 5.74) is 0.647. The van der Waals surface area contributed by atoms with Crippen LogP contribution in [0.3, 0.4) is 0 Å². The summed E-state index contributed by atoms with van der Waals surface area (Å²) in [7, 11) is 0. The van der Waals surface area contributed by atoms with E-state index in [4.69, 9.17) is 4.74 Å². The molecular weight excluding hydrogens is 240 g/mol. The van der Waals surface area contributed by atoms with E-state index in [1.54, 1.807) is 6.92 Å². The maximum absolute atomic E-state index is 11.3. The summed E-state index contributed by atoms with van der Waals surface area (Å²) in [4.78, 5) is 25.3. The van der Waals surface area contributed by atoms with E-state index in [2.05, 4.69) is 15.2 Å². The van der Waals surface area contributed by atoms with Crippen molar-refractivity contribution in [2.24, 2.45) is 0 Å². The number of carbonyl (C=O) groups excluding carboxylic acids is 1. The zero-order valence-electron chi connectivity index (χ0n) is 9.54. The van der Waals surface area contributed by atoms with E-state index >= 15 is 0 Å². The van der Waals surface area contributed by atoms with Crippen molar-refractivity contribution >= 4 is 22.7 Å². The van der Waals surface area contributed by atoms with Gasteiger partial charge in [0, 0.05) is 11.5 Å². The summed E-state index contributed by atoms with van der Waals surface area (Å²) in [6.07, 6.45) is 1.10. The fraction of sp³-hybridized carbons (Fsp3) is 0.300. The molecule has 0 atom stereocenters. The molecule has 2 heterocycles. The molecule has 0 aliphatic carbocycles. The third-order valence-corrected chi connectivity index (χ3v) is 2.31. The van der Waals surface area contributed by atoms with Gasteiger partial charge >= 0.3 is 5.97 Å². The number of hydrogen-bond donors (Lipinski definition) is 1. The number of aromatic amines is 1. The Morgan fingerprint density at radius 3 is 3.06 bits per heavy atom. The van der Waals surface area contributed by atoms with E-state index in [-0.39, 0.29) is 18.7 Å². The highest BCUT2D eigenvalue weighted by Crippen LogP contribution is 2.20. The normalized spacial score (nSPS) is 10.5. The summed E-state index contributed by atoms with van der Waals surface area (Å²) < 4.78 is 4.80. The molecule has 0 saturated carbocycles. The van der Waals surface area contributed by atoms with Crippen molar-refractivity contribution in [3.05, 3.63) is 28.1 Å². The Hall–Kier alpha value is -2.51. The molecule has 0 bridgehead atoms. The second-order valence-electron chi connectivity index (χ2n) is 3.51. The maximum Gasteiger partial charge on any atom is 0.311 e. The van der Waals surface area contributed by atoms with Gasteiger partial charge in [0.05, 0.1) is 23.6 Å². The Morgan fingerprint density at radius 2 is 2.39 bits per heavy atom. The molecule has 94 valence electrons. The first-order chi connectivity index (χ1) is 8.61. The van der Waals surface area contributed by atoms with Crippen molar-refractivity contribution < 1.29 is 14.5 Å². The van der Waals surface area contributed by atoms with E-state index in [9.17, 15) is 14.9 Å². The van der Waals surface area contributed by atoms with Gasteiger partial charge in [-0.15, -0.1) is 0 Å². The second kappa shape index (κ2) is 4.78. The third-order valence-electron chi connectivity index (χ3n) is 2.31. The highest BCUT2D eigenvalue weighted by molar-refractivity contribution is 5.84. The number of esters is 1. The van der Waals surface area contributed by atoms with E-state index < -0.39 is 10.9 Å². The highest BCUT2D eigenvalue weighted by Gasteiger charge is 2.15. The first-order valence-electron chi connectivity index (χ1n) is 5.24. The standard InChI is InChI=1S/C10H10N4O4/c1-2-18-9(15)4-8-7-3-6(14(16)17)5-11-10(7)13-12-8/h3,5H,2,4H2,1H3,(H,11,12,13). The van der Waals surface area contributed by atoms with Crippen LogP contribution in [0, 0.1) is 10.1 Å². The third kappa shape index (κ3) is 2.26. The fourth-order valence-corrected chi connectivity index (χ4v) is 1.53. The topological polar surface area (TPSA) is 111 Å². The molecule has 18 heavy (non-hydrogen) atoms. The molecule has 2 aromatic heterocycles. The van der Waals surface area contributed by atoms with Gasteiger partial charge in [-0.05, 0) is 6.92 Å². The summed E-state index contributed by atoms with van der Waals surface area (Å²) >= 11 is 0. The second-order valence-corrected chi connectivity index (χ2v) is 3.51. The lowest BCUT2D eigenvalue weighted by atomic mass is 10.2. The molecule has 0 fully saturated rings. The van der Waals surface area contributed by atoms with Crippen LogP contribution in [0.1, 0.15) is 12.6 Å². The number of aromatic nitrogens is 3. The molecule has 0 aliphatic rings. The average molecular weight is 250 g/mol. The monoisotopic (exact) mass is 250 g/mol. The Labute approximate surface area is 101 Å². The number of ether oxygens (including phenoxy) is 1. The molecule has 0 aliphatic heterocycles. The average Bonchev–Trinajstić information content (AvgIpc) is 2.72. The van der Waals surface area contributed by atoms with Crippen molar-refractivity contribution in [3.8, 4) is 0 Å². The Bertz CT molecular complexity index is 607. The highest BCUT2D eigenvalue weighted by atomic mass is 16.6. The minimum Gasteiger partial charge on any atom is -0.466 e. The molecule has 0 amide bonds. The van der Waals surface area contributed by atoms with Crippen LogP contribution in [0.5, 0.6) is 0 Å². The van der Waals surface area contributed by atoms with Crippen molar-refractivity contribution in [1.82, 2.24) is 15.2 Å². The van der Waals surface area contributed by atoms with Crippen LogP contribution < -0.4 is 0 Å². The van der Waals surface area contributed by atoms with Crippen LogP contribution in [0.25, 0.3) is 11.0 Å². The number of H-pyrrole nitrogens is 1. The number of nitrogens with one attached hydrogen (secondary N) is 1. The summed E-state index contributed by atoms with van der Waals surface area (Å²) in [5, 5.41) is 17.6. The number of pyridine rings is 1. The Morgan fingerprint density at radius 1 is 1.61 bits per heavy atom. The number of nitrogens with zero attached hydrogens (tertiary/aromatic N) is 3. The fourth-order valence-electron chi connectivity index (χ4n) is 1.53. The minimum atomic E-state index is -0.548. The lowest BCUT2D eigenvalue weighted by Crippen LogP contribution is -2.08. The van der Waals surface area contributed by atoms with Gasteiger partial charge < -0.3 is 4.74 Å². The predicted octanol–water partition coefficient (Wildman–Crippen LogP) is 0.972. The largest absolute Gasteiger partial charge is 0.466 e. The minimum absolute atomic E-state index is 0.0206. The van der Waals surface area contributed by atoms with Gasteiger partial charge in [0.25, 0.3) is 5.69 Å². The van der Waals surface area contributed by atoms with Crippen molar-refractivity contribution in [2.75, 3.05) is 6.61 Å². The molecular formula is C10H10N4O4. The van der Waals surface area contributed by atoms with E-state index in [1.165, 1.54) is 6.07 Å². The number of hydrogen-bond acceptors (Lipinski definition) is 6. The lowest BCUT2D eigenvalue weighted by Gasteiger charge is -1.99. The molecule has 2 rings (SSSR count). The maximum atomic E-state index is 11.3. The molecule has 0 aromatic carbocycles. The van der Waals surface area contributed by atoms with Crippen molar-refractivity contribution in [1.29, 1.82) is 0 Å². The van der Waals surface area contributed by atoms with E-state index in [0.717, 1.165) is 6.20 Å². The first kappa shape index (κ1) is 12.0. The molecule has 2 aromatic rings. The number of nitro groups is 1. The molecule has 0 spiro atoms. The van der Waals surface area contributed by atoms with E-state index in [1.807, 2.05) is 0 Å². The van der Waals surface area contributed by atoms with Gasteiger partial charge in [0.2, 0.25) is 0 Å². The zero-order valence-corrected chi connectivity index (χ0v) is 9.54. The van der Waals surface area contributed by atoms with Gasteiger partial charge in [-0.2, -0.15) is 5.10 Å².